The Hall–Kier alpha value is 0.350. The molecular weight excluding hydrogens is 164 g/mol. The minimum absolute atomic E-state index is 0.339. The molecule has 0 fully saturated rings. The van der Waals surface area contributed by atoms with Gasteiger partial charge < -0.3 is 0 Å². The van der Waals surface area contributed by atoms with Gasteiger partial charge in [0.25, 0.3) is 0 Å². The third kappa shape index (κ3) is 1.99. The molecule has 0 atom stereocenters. The molecule has 0 radical (unpaired) electrons. The van der Waals surface area contributed by atoms with Crippen molar-refractivity contribution in [2.24, 2.45) is 10.8 Å². The highest BCUT2D eigenvalue weighted by molar-refractivity contribution is 8.00. The predicted molar refractivity (Wildman–Crippen MR) is 60.8 cm³/mol. The zero-order valence-electron chi connectivity index (χ0n) is 9.91. The Bertz CT molecular complexity index is 149. The molecule has 0 aliphatic rings. The minimum atomic E-state index is 0.339. The van der Waals surface area contributed by atoms with Crippen molar-refractivity contribution in [1.82, 2.24) is 0 Å². The molecule has 0 aliphatic carbocycles. The third-order valence-corrected chi connectivity index (χ3v) is 5.42. The van der Waals surface area contributed by atoms with E-state index in [1.54, 1.807) is 0 Å². The molecule has 74 valence electrons. The minimum Gasteiger partial charge on any atom is -0.159 e. The van der Waals surface area contributed by atoms with Crippen LogP contribution in [0, 0.1) is 10.8 Å². The van der Waals surface area contributed by atoms with Crippen LogP contribution in [0.1, 0.15) is 48.5 Å². The van der Waals surface area contributed by atoms with Gasteiger partial charge in [-0.15, -0.1) is 0 Å². The van der Waals surface area contributed by atoms with Crippen molar-refractivity contribution in [1.29, 1.82) is 0 Å². The van der Waals surface area contributed by atoms with Crippen LogP contribution in [0.15, 0.2) is 0 Å². The van der Waals surface area contributed by atoms with Crippen molar-refractivity contribution >= 4 is 11.8 Å². The van der Waals surface area contributed by atoms with E-state index in [0.29, 0.717) is 15.6 Å². The molecule has 0 aromatic rings. The second kappa shape index (κ2) is 3.25. The lowest BCUT2D eigenvalue weighted by atomic mass is 9.63. The fourth-order valence-corrected chi connectivity index (χ4v) is 1.97. The molecule has 0 nitrogen and oxygen atoms in total. The lowest BCUT2D eigenvalue weighted by Crippen LogP contribution is -2.45. The summed E-state index contributed by atoms with van der Waals surface area (Å²) in [7, 11) is 0. The van der Waals surface area contributed by atoms with Gasteiger partial charge in [0.05, 0.1) is 0 Å². The van der Waals surface area contributed by atoms with E-state index in [9.17, 15) is 0 Å². The fraction of sp³-hybridized carbons (Fsp3) is 1.00. The highest BCUT2D eigenvalue weighted by atomic mass is 32.2. The van der Waals surface area contributed by atoms with E-state index in [0.717, 1.165) is 0 Å². The molecule has 0 unspecified atom stereocenters. The van der Waals surface area contributed by atoms with E-state index in [4.69, 9.17) is 0 Å². The summed E-state index contributed by atoms with van der Waals surface area (Å²) in [5, 5.41) is 0. The van der Waals surface area contributed by atoms with Crippen LogP contribution < -0.4 is 0 Å². The molecule has 0 aliphatic heterocycles. The second-order valence-corrected chi connectivity index (χ2v) is 7.02. The number of hydrogen-bond donors (Lipinski definition) is 0. The van der Waals surface area contributed by atoms with Crippen LogP contribution in [0.25, 0.3) is 0 Å². The van der Waals surface area contributed by atoms with Gasteiger partial charge in [-0.05, 0) is 17.1 Å². The van der Waals surface area contributed by atoms with E-state index in [1.807, 2.05) is 11.8 Å². The predicted octanol–water partition coefficient (Wildman–Crippen LogP) is 4.20. The molecule has 1 heteroatoms. The Morgan fingerprint density at radius 1 is 0.750 bits per heavy atom. The normalized spacial score (nSPS) is 15.0. The maximum Gasteiger partial charge on any atom is 0.0156 e. The lowest BCUT2D eigenvalue weighted by molar-refractivity contribution is 0.0936. The summed E-state index contributed by atoms with van der Waals surface area (Å²) < 4.78 is 0.339. The van der Waals surface area contributed by atoms with Gasteiger partial charge in [0, 0.05) is 4.75 Å². The van der Waals surface area contributed by atoms with Gasteiger partial charge in [-0.3, -0.25) is 0 Å². The van der Waals surface area contributed by atoms with Crippen LogP contribution in [0.5, 0.6) is 0 Å². The van der Waals surface area contributed by atoms with Crippen molar-refractivity contribution in [3.63, 3.8) is 0 Å². The second-order valence-electron chi connectivity index (χ2n) is 5.59. The van der Waals surface area contributed by atoms with Gasteiger partial charge in [-0.25, -0.2) is 0 Å². The van der Waals surface area contributed by atoms with Gasteiger partial charge in [0.2, 0.25) is 0 Å². The Morgan fingerprint density at radius 3 is 1.17 bits per heavy atom. The van der Waals surface area contributed by atoms with E-state index < -0.39 is 0 Å². The summed E-state index contributed by atoms with van der Waals surface area (Å²) in [6.07, 6.45) is 2.20. The smallest absolute Gasteiger partial charge is 0.0156 e. The molecular formula is C11H24S. The van der Waals surface area contributed by atoms with Crippen LogP contribution in [0.2, 0.25) is 0 Å². The van der Waals surface area contributed by atoms with Crippen molar-refractivity contribution in [2.75, 3.05) is 6.26 Å². The highest BCUT2D eigenvalue weighted by Crippen LogP contribution is 2.51. The average molecular weight is 188 g/mol. The van der Waals surface area contributed by atoms with Crippen LogP contribution in [-0.2, 0) is 0 Å². The molecule has 0 amide bonds. The molecule has 0 saturated carbocycles. The average Bonchev–Trinajstić information content (AvgIpc) is 1.85. The first-order chi connectivity index (χ1) is 5.06. The van der Waals surface area contributed by atoms with Crippen molar-refractivity contribution in [3.8, 4) is 0 Å². The molecule has 0 aromatic carbocycles. The molecule has 0 N–H and O–H groups in total. The SMILES string of the molecule is CSC(C)(C)C(C)(C)C(C)(C)C. The van der Waals surface area contributed by atoms with Crippen LogP contribution >= 0.6 is 11.8 Å². The first kappa shape index (κ1) is 12.3. The summed E-state index contributed by atoms with van der Waals surface area (Å²) in [5.41, 5.74) is 0.707. The maximum absolute atomic E-state index is 2.36. The first-order valence-electron chi connectivity index (χ1n) is 4.61. The standard InChI is InChI=1S/C11H24S/c1-9(2,3)10(4,5)11(6,7)12-8/h1-8H3. The monoisotopic (exact) mass is 188 g/mol. The molecule has 0 spiro atoms. The molecule has 0 heterocycles. The van der Waals surface area contributed by atoms with Crippen LogP contribution in [0.3, 0.4) is 0 Å². The Kier molecular flexibility index (Phi) is 3.34. The Morgan fingerprint density at radius 2 is 1.08 bits per heavy atom. The molecule has 12 heavy (non-hydrogen) atoms. The first-order valence-corrected chi connectivity index (χ1v) is 5.84. The molecule has 0 bridgehead atoms. The van der Waals surface area contributed by atoms with Crippen molar-refractivity contribution < 1.29 is 0 Å². The van der Waals surface area contributed by atoms with Gasteiger partial charge >= 0.3 is 0 Å². The molecule has 0 rings (SSSR count). The largest absolute Gasteiger partial charge is 0.159 e. The van der Waals surface area contributed by atoms with Gasteiger partial charge in [0.15, 0.2) is 0 Å². The van der Waals surface area contributed by atoms with Crippen LogP contribution in [0.4, 0.5) is 0 Å². The summed E-state index contributed by atoms with van der Waals surface area (Å²) in [5.74, 6) is 0. The van der Waals surface area contributed by atoms with E-state index in [1.165, 1.54) is 0 Å². The summed E-state index contributed by atoms with van der Waals surface area (Å²) >= 11 is 1.96. The van der Waals surface area contributed by atoms with E-state index >= 15 is 0 Å². The molecule has 0 aromatic heterocycles. The highest BCUT2D eigenvalue weighted by Gasteiger charge is 2.44. The fourth-order valence-electron chi connectivity index (χ4n) is 1.16. The van der Waals surface area contributed by atoms with Crippen molar-refractivity contribution in [3.05, 3.63) is 0 Å². The summed E-state index contributed by atoms with van der Waals surface area (Å²) in [6.45, 7) is 16.4. The third-order valence-electron chi connectivity index (χ3n) is 3.89. The summed E-state index contributed by atoms with van der Waals surface area (Å²) in [4.78, 5) is 0. The number of hydrogen-bond acceptors (Lipinski definition) is 1. The van der Waals surface area contributed by atoms with Crippen LogP contribution in [-0.4, -0.2) is 11.0 Å². The number of thioether (sulfide) groups is 1. The zero-order valence-corrected chi connectivity index (χ0v) is 10.7. The van der Waals surface area contributed by atoms with Gasteiger partial charge in [-0.1, -0.05) is 48.5 Å². The quantitative estimate of drug-likeness (QED) is 0.626. The van der Waals surface area contributed by atoms with E-state index in [2.05, 4.69) is 54.7 Å². The zero-order chi connectivity index (χ0) is 10.2. The molecule has 0 saturated heterocycles. The topological polar surface area (TPSA) is 0 Å². The van der Waals surface area contributed by atoms with Gasteiger partial charge in [0.1, 0.15) is 0 Å². The van der Waals surface area contributed by atoms with E-state index in [-0.39, 0.29) is 0 Å². The van der Waals surface area contributed by atoms with Gasteiger partial charge in [-0.2, -0.15) is 11.8 Å². The summed E-state index contributed by atoms with van der Waals surface area (Å²) in [6, 6.07) is 0. The van der Waals surface area contributed by atoms with Crippen molar-refractivity contribution in [2.45, 2.75) is 53.2 Å². The number of rotatable bonds is 2. The Balaban J connectivity index is 4.85. The maximum atomic E-state index is 2.36. The Labute approximate surface area is 82.5 Å². The lowest BCUT2D eigenvalue weighted by Gasteiger charge is -2.49.